The first-order valence-electron chi connectivity index (χ1n) is 8.98. The summed E-state index contributed by atoms with van der Waals surface area (Å²) in [4.78, 5) is 4.63. The molecule has 27 heavy (non-hydrogen) atoms. The van der Waals surface area contributed by atoms with Gasteiger partial charge in [0.15, 0.2) is 0 Å². The van der Waals surface area contributed by atoms with Crippen LogP contribution in [0.3, 0.4) is 0 Å². The van der Waals surface area contributed by atoms with Crippen molar-refractivity contribution in [1.29, 1.82) is 0 Å². The average Bonchev–Trinajstić information content (AvgIpc) is 2.69. The number of hydrogen-bond donors (Lipinski definition) is 0. The summed E-state index contributed by atoms with van der Waals surface area (Å²) >= 11 is 6.36. The Morgan fingerprint density at radius 2 is 1.52 bits per heavy atom. The predicted molar refractivity (Wildman–Crippen MR) is 115 cm³/mol. The Kier molecular flexibility index (Phi) is 6.45. The van der Waals surface area contributed by atoms with Crippen LogP contribution < -0.4 is 4.74 Å². The molecule has 0 aromatic heterocycles. The number of benzene rings is 3. The van der Waals surface area contributed by atoms with Crippen molar-refractivity contribution in [2.45, 2.75) is 13.8 Å². The van der Waals surface area contributed by atoms with Gasteiger partial charge in [0.1, 0.15) is 11.5 Å². The van der Waals surface area contributed by atoms with Gasteiger partial charge in [-0.2, -0.15) is 0 Å². The third kappa shape index (κ3) is 5.08. The highest BCUT2D eigenvalue weighted by atomic mass is 35.5. The molecule has 0 unspecified atom stereocenters. The average molecular weight is 376 g/mol. The molecule has 3 heteroatoms. The van der Waals surface area contributed by atoms with Crippen LogP contribution in [-0.2, 0) is 0 Å². The molecule has 136 valence electrons. The molecule has 0 radical (unpaired) electrons. The molecule has 0 aliphatic carbocycles. The Hall–Kier alpha value is -2.84. The van der Waals surface area contributed by atoms with Crippen LogP contribution in [0.4, 0.5) is 0 Å². The van der Waals surface area contributed by atoms with Crippen molar-refractivity contribution in [3.05, 3.63) is 101 Å². The molecular formula is C24H22ClNO. The highest BCUT2D eigenvalue weighted by Crippen LogP contribution is 2.25. The summed E-state index contributed by atoms with van der Waals surface area (Å²) in [5, 5.41) is 0.709. The fraction of sp³-hybridized carbons (Fsp3) is 0.125. The van der Waals surface area contributed by atoms with Crippen LogP contribution in [0.5, 0.6) is 11.5 Å². The largest absolute Gasteiger partial charge is 0.457 e. The molecule has 3 aromatic carbocycles. The molecule has 0 spiro atoms. The van der Waals surface area contributed by atoms with E-state index in [1.807, 2.05) is 73.7 Å². The number of allylic oxidation sites excluding steroid dienone is 2. The second kappa shape index (κ2) is 9.20. The molecular weight excluding hydrogens is 354 g/mol. The summed E-state index contributed by atoms with van der Waals surface area (Å²) < 4.78 is 5.86. The van der Waals surface area contributed by atoms with E-state index in [-0.39, 0.29) is 0 Å². The van der Waals surface area contributed by atoms with E-state index in [1.165, 1.54) is 0 Å². The summed E-state index contributed by atoms with van der Waals surface area (Å²) in [6.07, 6.45) is 2.08. The molecule has 0 amide bonds. The Balaban J connectivity index is 1.82. The zero-order chi connectivity index (χ0) is 19.1. The molecule has 0 aliphatic heterocycles. The minimum absolute atomic E-state index is 0.703. The lowest BCUT2D eigenvalue weighted by atomic mass is 10.0. The summed E-state index contributed by atoms with van der Waals surface area (Å²) in [7, 11) is 0. The Bertz CT molecular complexity index is 944. The number of para-hydroxylation sites is 1. The molecule has 0 saturated heterocycles. The normalized spacial score (nSPS) is 12.1. The first kappa shape index (κ1) is 18.9. The molecule has 0 heterocycles. The predicted octanol–water partition coefficient (Wildman–Crippen LogP) is 7.04. The number of rotatable bonds is 6. The Labute approximate surface area is 165 Å². The summed E-state index contributed by atoms with van der Waals surface area (Å²) in [6, 6.07) is 25.6. The quantitative estimate of drug-likeness (QED) is 0.423. The van der Waals surface area contributed by atoms with Crippen molar-refractivity contribution in [1.82, 2.24) is 0 Å². The van der Waals surface area contributed by atoms with Gasteiger partial charge in [0.25, 0.3) is 0 Å². The van der Waals surface area contributed by atoms with Gasteiger partial charge in [0.05, 0.1) is 5.71 Å². The monoisotopic (exact) mass is 375 g/mol. The molecule has 0 bridgehead atoms. The van der Waals surface area contributed by atoms with Crippen LogP contribution in [0.2, 0.25) is 5.02 Å². The van der Waals surface area contributed by atoms with Gasteiger partial charge in [0.2, 0.25) is 0 Å². The van der Waals surface area contributed by atoms with Crippen LogP contribution in [0, 0.1) is 0 Å². The van der Waals surface area contributed by atoms with Gasteiger partial charge >= 0.3 is 0 Å². The number of hydrogen-bond acceptors (Lipinski definition) is 2. The van der Waals surface area contributed by atoms with E-state index in [4.69, 9.17) is 16.3 Å². The molecule has 3 rings (SSSR count). The second-order valence-corrected chi connectivity index (χ2v) is 6.51. The maximum Gasteiger partial charge on any atom is 0.127 e. The van der Waals surface area contributed by atoms with Crippen molar-refractivity contribution >= 4 is 22.9 Å². The fourth-order valence-corrected chi connectivity index (χ4v) is 2.98. The number of nitrogens with zero attached hydrogens (tertiary/aromatic N) is 1. The molecule has 0 fully saturated rings. The Morgan fingerprint density at radius 3 is 2.19 bits per heavy atom. The fourth-order valence-electron chi connectivity index (χ4n) is 2.75. The molecule has 0 atom stereocenters. The van der Waals surface area contributed by atoms with Gasteiger partial charge in [-0.1, -0.05) is 60.1 Å². The SMILES string of the molecule is CCN=C(/C=C(\C)c1ccc(Oc2ccccc2)cc1)c1ccccc1Cl. The van der Waals surface area contributed by atoms with Crippen molar-refractivity contribution in [2.24, 2.45) is 4.99 Å². The maximum atomic E-state index is 6.36. The van der Waals surface area contributed by atoms with Crippen LogP contribution in [-0.4, -0.2) is 12.3 Å². The minimum Gasteiger partial charge on any atom is -0.457 e. The van der Waals surface area contributed by atoms with Crippen molar-refractivity contribution in [3.8, 4) is 11.5 Å². The van der Waals surface area contributed by atoms with Crippen molar-refractivity contribution in [3.63, 3.8) is 0 Å². The van der Waals surface area contributed by atoms with E-state index in [9.17, 15) is 0 Å². The third-order valence-corrected chi connectivity index (χ3v) is 4.45. The maximum absolute atomic E-state index is 6.36. The number of halogens is 1. The minimum atomic E-state index is 0.703. The van der Waals surface area contributed by atoms with Gasteiger partial charge in [-0.3, -0.25) is 4.99 Å². The van der Waals surface area contributed by atoms with E-state index in [0.717, 1.165) is 33.9 Å². The number of aliphatic imine (C=N–C) groups is 1. The zero-order valence-electron chi connectivity index (χ0n) is 15.5. The molecule has 3 aromatic rings. The van der Waals surface area contributed by atoms with E-state index in [0.29, 0.717) is 11.6 Å². The van der Waals surface area contributed by atoms with Gasteiger partial charge < -0.3 is 4.74 Å². The smallest absolute Gasteiger partial charge is 0.127 e. The van der Waals surface area contributed by atoms with Gasteiger partial charge in [0, 0.05) is 17.1 Å². The summed E-state index contributed by atoms with van der Waals surface area (Å²) in [6.45, 7) is 4.80. The first-order valence-corrected chi connectivity index (χ1v) is 9.36. The van der Waals surface area contributed by atoms with E-state index >= 15 is 0 Å². The molecule has 0 saturated carbocycles. The zero-order valence-corrected chi connectivity index (χ0v) is 16.3. The van der Waals surface area contributed by atoms with Gasteiger partial charge in [-0.15, -0.1) is 0 Å². The topological polar surface area (TPSA) is 21.6 Å². The van der Waals surface area contributed by atoms with Gasteiger partial charge in [-0.05, 0) is 61.4 Å². The van der Waals surface area contributed by atoms with E-state index in [2.05, 4.69) is 30.1 Å². The lowest BCUT2D eigenvalue weighted by molar-refractivity contribution is 0.482. The molecule has 0 N–H and O–H groups in total. The van der Waals surface area contributed by atoms with E-state index in [1.54, 1.807) is 0 Å². The van der Waals surface area contributed by atoms with E-state index < -0.39 is 0 Å². The van der Waals surface area contributed by atoms with Crippen LogP contribution >= 0.6 is 11.6 Å². The number of ether oxygens (including phenoxy) is 1. The third-order valence-electron chi connectivity index (χ3n) is 4.12. The Morgan fingerprint density at radius 1 is 0.889 bits per heavy atom. The lowest BCUT2D eigenvalue weighted by Gasteiger charge is -2.09. The van der Waals surface area contributed by atoms with Crippen molar-refractivity contribution in [2.75, 3.05) is 6.54 Å². The van der Waals surface area contributed by atoms with Crippen molar-refractivity contribution < 1.29 is 4.74 Å². The second-order valence-electron chi connectivity index (χ2n) is 6.11. The first-order chi connectivity index (χ1) is 13.2. The van der Waals surface area contributed by atoms with Crippen LogP contribution in [0.1, 0.15) is 25.0 Å². The molecule has 2 nitrogen and oxygen atoms in total. The van der Waals surface area contributed by atoms with Crippen LogP contribution in [0.25, 0.3) is 5.57 Å². The highest BCUT2D eigenvalue weighted by molar-refractivity contribution is 6.35. The molecule has 0 aliphatic rings. The standard InChI is InChI=1S/C24H22ClNO/c1-3-26-24(22-11-7-8-12-23(22)25)17-18(2)19-13-15-21(16-14-19)27-20-9-5-4-6-10-20/h4-17H,3H2,1-2H3/b18-17+,26-24?. The summed E-state index contributed by atoms with van der Waals surface area (Å²) in [5.74, 6) is 1.64. The lowest BCUT2D eigenvalue weighted by Crippen LogP contribution is -2.00. The summed E-state index contributed by atoms with van der Waals surface area (Å²) in [5.41, 5.74) is 4.08. The van der Waals surface area contributed by atoms with Gasteiger partial charge in [-0.25, -0.2) is 0 Å². The highest BCUT2D eigenvalue weighted by Gasteiger charge is 2.07. The van der Waals surface area contributed by atoms with Crippen LogP contribution in [0.15, 0.2) is 89.9 Å².